The number of hydrogen-bond acceptors (Lipinski definition) is 4. The first-order valence-corrected chi connectivity index (χ1v) is 5.65. The number of benzene rings is 1. The van der Waals surface area contributed by atoms with Crippen molar-refractivity contribution in [3.05, 3.63) is 59.0 Å². The number of carbonyl (C=O) groups excluding carboxylic acids is 2. The third kappa shape index (κ3) is 1.32. The SMILES string of the molecule is NC1=CC2C(=O)c3ccccc3C(=O)C2C=C1O. The maximum atomic E-state index is 12.3. The molecular weight excluding hydrogens is 230 g/mol. The topological polar surface area (TPSA) is 80.4 Å². The molecule has 4 heteroatoms. The number of Topliss-reactive ketones (excluding diaryl/α,β-unsaturated/α-hetero) is 2. The van der Waals surface area contributed by atoms with Crippen LogP contribution in [0.25, 0.3) is 0 Å². The van der Waals surface area contributed by atoms with Gasteiger partial charge >= 0.3 is 0 Å². The van der Waals surface area contributed by atoms with Gasteiger partial charge < -0.3 is 10.8 Å². The standard InChI is InChI=1S/C14H11NO3/c15-11-5-9-10(6-12(11)16)14(18)8-4-2-1-3-7(8)13(9)17/h1-6,9-10,16H,15H2. The molecule has 0 saturated heterocycles. The number of aliphatic hydroxyl groups excluding tert-OH is 1. The largest absolute Gasteiger partial charge is 0.506 e. The van der Waals surface area contributed by atoms with Gasteiger partial charge in [0.05, 0.1) is 17.5 Å². The highest BCUT2D eigenvalue weighted by Crippen LogP contribution is 2.35. The molecule has 2 unspecified atom stereocenters. The van der Waals surface area contributed by atoms with Crippen molar-refractivity contribution in [2.24, 2.45) is 17.6 Å². The summed E-state index contributed by atoms with van der Waals surface area (Å²) in [6.07, 6.45) is 2.84. The Balaban J connectivity index is 2.19. The second-order valence-corrected chi connectivity index (χ2v) is 4.50. The van der Waals surface area contributed by atoms with E-state index in [1.165, 1.54) is 12.2 Å². The fourth-order valence-electron chi connectivity index (χ4n) is 2.50. The predicted octanol–water partition coefficient (Wildman–Crippen LogP) is 1.60. The van der Waals surface area contributed by atoms with Crippen LogP contribution in [0.4, 0.5) is 0 Å². The van der Waals surface area contributed by atoms with Gasteiger partial charge in [0.1, 0.15) is 5.76 Å². The van der Waals surface area contributed by atoms with Crippen LogP contribution in [0.5, 0.6) is 0 Å². The van der Waals surface area contributed by atoms with E-state index in [0.717, 1.165) is 0 Å². The number of allylic oxidation sites excluding steroid dienone is 2. The molecule has 0 amide bonds. The lowest BCUT2D eigenvalue weighted by atomic mass is 9.72. The fraction of sp³-hybridized carbons (Fsp3) is 0.143. The lowest BCUT2D eigenvalue weighted by Crippen LogP contribution is -2.37. The van der Waals surface area contributed by atoms with Gasteiger partial charge in [-0.2, -0.15) is 0 Å². The Morgan fingerprint density at radius 3 is 2.00 bits per heavy atom. The minimum Gasteiger partial charge on any atom is -0.506 e. The summed E-state index contributed by atoms with van der Waals surface area (Å²) in [7, 11) is 0. The van der Waals surface area contributed by atoms with Crippen molar-refractivity contribution in [3.63, 3.8) is 0 Å². The molecule has 3 N–H and O–H groups in total. The summed E-state index contributed by atoms with van der Waals surface area (Å²) in [6, 6.07) is 6.74. The highest BCUT2D eigenvalue weighted by molar-refractivity contribution is 6.17. The van der Waals surface area contributed by atoms with Crippen molar-refractivity contribution in [3.8, 4) is 0 Å². The molecule has 2 atom stereocenters. The molecule has 0 radical (unpaired) electrons. The average molecular weight is 241 g/mol. The summed E-state index contributed by atoms with van der Waals surface area (Å²) < 4.78 is 0. The van der Waals surface area contributed by atoms with Crippen LogP contribution < -0.4 is 5.73 Å². The van der Waals surface area contributed by atoms with E-state index in [1.54, 1.807) is 24.3 Å². The normalized spacial score (nSPS) is 26.0. The highest BCUT2D eigenvalue weighted by Gasteiger charge is 2.41. The Morgan fingerprint density at radius 2 is 1.44 bits per heavy atom. The monoisotopic (exact) mass is 241 g/mol. The van der Waals surface area contributed by atoms with Crippen LogP contribution >= 0.6 is 0 Å². The summed E-state index contributed by atoms with van der Waals surface area (Å²) in [5, 5.41) is 9.57. The smallest absolute Gasteiger partial charge is 0.171 e. The lowest BCUT2D eigenvalue weighted by molar-refractivity contribution is 0.0797. The Bertz CT molecular complexity index is 573. The molecule has 18 heavy (non-hydrogen) atoms. The van der Waals surface area contributed by atoms with E-state index in [0.29, 0.717) is 11.1 Å². The van der Waals surface area contributed by atoms with Crippen molar-refractivity contribution in [1.29, 1.82) is 0 Å². The highest BCUT2D eigenvalue weighted by atomic mass is 16.3. The van der Waals surface area contributed by atoms with Crippen molar-refractivity contribution >= 4 is 11.6 Å². The predicted molar refractivity (Wildman–Crippen MR) is 65.1 cm³/mol. The molecular formula is C14H11NO3. The van der Waals surface area contributed by atoms with Gasteiger partial charge in [0, 0.05) is 11.1 Å². The van der Waals surface area contributed by atoms with Gasteiger partial charge in [-0.1, -0.05) is 24.3 Å². The van der Waals surface area contributed by atoms with Crippen LogP contribution in [0.3, 0.4) is 0 Å². The van der Waals surface area contributed by atoms with E-state index >= 15 is 0 Å². The van der Waals surface area contributed by atoms with E-state index < -0.39 is 11.8 Å². The zero-order chi connectivity index (χ0) is 12.9. The molecule has 0 spiro atoms. The van der Waals surface area contributed by atoms with Crippen molar-refractivity contribution in [1.82, 2.24) is 0 Å². The summed E-state index contributed by atoms with van der Waals surface area (Å²) in [6.45, 7) is 0. The Kier molecular flexibility index (Phi) is 2.13. The molecule has 0 bridgehead atoms. The number of fused-ring (bicyclic) bond motifs is 2. The number of aliphatic hydroxyl groups is 1. The van der Waals surface area contributed by atoms with Gasteiger partial charge in [-0.25, -0.2) is 0 Å². The minimum absolute atomic E-state index is 0.123. The lowest BCUT2D eigenvalue weighted by Gasteiger charge is -2.29. The van der Waals surface area contributed by atoms with E-state index in [4.69, 9.17) is 5.73 Å². The molecule has 1 aromatic rings. The maximum absolute atomic E-state index is 12.3. The third-order valence-electron chi connectivity index (χ3n) is 3.44. The van der Waals surface area contributed by atoms with Crippen LogP contribution in [-0.4, -0.2) is 16.7 Å². The molecule has 0 heterocycles. The van der Waals surface area contributed by atoms with Gasteiger partial charge in [-0.05, 0) is 12.2 Å². The van der Waals surface area contributed by atoms with Crippen LogP contribution in [0.15, 0.2) is 47.9 Å². The zero-order valence-corrected chi connectivity index (χ0v) is 9.46. The van der Waals surface area contributed by atoms with Crippen LogP contribution in [0, 0.1) is 11.8 Å². The second kappa shape index (κ2) is 3.57. The van der Waals surface area contributed by atoms with E-state index in [-0.39, 0.29) is 23.0 Å². The Hall–Kier alpha value is -2.36. The molecule has 2 aliphatic rings. The molecule has 2 aliphatic carbocycles. The summed E-state index contributed by atoms with van der Waals surface area (Å²) in [4.78, 5) is 24.6. The summed E-state index contributed by atoms with van der Waals surface area (Å²) >= 11 is 0. The van der Waals surface area contributed by atoms with Gasteiger partial charge in [0.15, 0.2) is 11.6 Å². The first-order chi connectivity index (χ1) is 8.59. The van der Waals surface area contributed by atoms with Crippen molar-refractivity contribution in [2.75, 3.05) is 0 Å². The number of ketones is 2. The van der Waals surface area contributed by atoms with Crippen molar-refractivity contribution < 1.29 is 14.7 Å². The quantitative estimate of drug-likeness (QED) is 0.722. The molecule has 0 aromatic heterocycles. The number of nitrogens with two attached hydrogens (primary N) is 1. The number of rotatable bonds is 0. The van der Waals surface area contributed by atoms with E-state index in [1.807, 2.05) is 0 Å². The Labute approximate surface area is 103 Å². The van der Waals surface area contributed by atoms with Gasteiger partial charge in [0.2, 0.25) is 0 Å². The molecule has 4 nitrogen and oxygen atoms in total. The van der Waals surface area contributed by atoms with Gasteiger partial charge in [-0.15, -0.1) is 0 Å². The molecule has 0 fully saturated rings. The van der Waals surface area contributed by atoms with Crippen LogP contribution in [0.2, 0.25) is 0 Å². The molecule has 0 saturated carbocycles. The minimum atomic E-state index is -0.639. The number of hydrogen-bond donors (Lipinski definition) is 2. The van der Waals surface area contributed by atoms with Crippen LogP contribution in [0.1, 0.15) is 20.7 Å². The second-order valence-electron chi connectivity index (χ2n) is 4.50. The first kappa shape index (κ1) is 10.8. The zero-order valence-electron chi connectivity index (χ0n) is 9.46. The number of carbonyl (C=O) groups is 2. The molecule has 1 aromatic carbocycles. The summed E-state index contributed by atoms with van der Waals surface area (Å²) in [5.41, 5.74) is 6.59. The fourth-order valence-corrected chi connectivity index (χ4v) is 2.50. The summed E-state index contributed by atoms with van der Waals surface area (Å²) in [5.74, 6) is -1.63. The van der Waals surface area contributed by atoms with Gasteiger partial charge in [-0.3, -0.25) is 9.59 Å². The van der Waals surface area contributed by atoms with E-state index in [9.17, 15) is 14.7 Å². The van der Waals surface area contributed by atoms with Gasteiger partial charge in [0.25, 0.3) is 0 Å². The van der Waals surface area contributed by atoms with E-state index in [2.05, 4.69) is 0 Å². The maximum Gasteiger partial charge on any atom is 0.171 e. The average Bonchev–Trinajstić information content (AvgIpc) is 2.38. The molecule has 3 rings (SSSR count). The van der Waals surface area contributed by atoms with Crippen LogP contribution in [-0.2, 0) is 0 Å². The molecule has 0 aliphatic heterocycles. The Morgan fingerprint density at radius 1 is 0.944 bits per heavy atom. The third-order valence-corrected chi connectivity index (χ3v) is 3.44. The first-order valence-electron chi connectivity index (χ1n) is 5.65. The molecule has 90 valence electrons. The van der Waals surface area contributed by atoms with Crippen molar-refractivity contribution in [2.45, 2.75) is 0 Å².